The molecule has 0 bridgehead atoms. The number of aliphatic hydroxyl groups is 1. The summed E-state index contributed by atoms with van der Waals surface area (Å²) in [6.45, 7) is 0.703. The molecule has 0 spiro atoms. The van der Waals surface area contributed by atoms with E-state index in [1.807, 2.05) is 36.4 Å². The zero-order valence-electron chi connectivity index (χ0n) is 11.6. The standard InChI is InChI=1S/C19H16O2/c20-18(17-10-4-7-14-11-12-21-19(14)17)16-9-3-6-13-5-1-2-8-15(13)16/h1-10,18,20H,11-12H2. The lowest BCUT2D eigenvalue weighted by Gasteiger charge is -2.17. The van der Waals surface area contributed by atoms with Crippen LogP contribution in [0.25, 0.3) is 10.8 Å². The average Bonchev–Trinajstić information content (AvgIpc) is 3.02. The van der Waals surface area contributed by atoms with Crippen LogP contribution in [0.4, 0.5) is 0 Å². The van der Waals surface area contributed by atoms with Gasteiger partial charge in [0.25, 0.3) is 0 Å². The molecule has 1 atom stereocenters. The highest BCUT2D eigenvalue weighted by Gasteiger charge is 2.22. The van der Waals surface area contributed by atoms with Gasteiger partial charge in [0.05, 0.1) is 6.61 Å². The molecule has 0 saturated carbocycles. The number of para-hydroxylation sites is 1. The van der Waals surface area contributed by atoms with E-state index in [1.54, 1.807) is 0 Å². The number of benzene rings is 3. The Bertz CT molecular complexity index is 802. The fraction of sp³-hybridized carbons (Fsp3) is 0.158. The van der Waals surface area contributed by atoms with Crippen LogP contribution < -0.4 is 4.74 Å². The predicted octanol–water partition coefficient (Wildman–Crippen LogP) is 3.86. The number of fused-ring (bicyclic) bond motifs is 2. The van der Waals surface area contributed by atoms with Crippen molar-refractivity contribution in [2.75, 3.05) is 6.61 Å². The molecule has 2 heteroatoms. The Balaban J connectivity index is 1.88. The molecule has 3 aromatic rings. The Morgan fingerprint density at radius 2 is 1.62 bits per heavy atom. The first-order valence-corrected chi connectivity index (χ1v) is 7.25. The zero-order chi connectivity index (χ0) is 14.2. The summed E-state index contributed by atoms with van der Waals surface area (Å²) < 4.78 is 5.72. The van der Waals surface area contributed by atoms with Gasteiger partial charge in [0.2, 0.25) is 0 Å². The van der Waals surface area contributed by atoms with E-state index in [2.05, 4.69) is 24.3 Å². The van der Waals surface area contributed by atoms with E-state index < -0.39 is 6.10 Å². The van der Waals surface area contributed by atoms with Crippen LogP contribution in [0.3, 0.4) is 0 Å². The SMILES string of the molecule is OC(c1cccc2c1OCC2)c1cccc2ccccc12. The molecular formula is C19H16O2. The second-order valence-electron chi connectivity index (χ2n) is 5.40. The fourth-order valence-corrected chi connectivity index (χ4v) is 3.11. The third-order valence-electron chi connectivity index (χ3n) is 4.16. The van der Waals surface area contributed by atoms with Crippen molar-refractivity contribution in [2.24, 2.45) is 0 Å². The minimum Gasteiger partial charge on any atom is -0.493 e. The quantitative estimate of drug-likeness (QED) is 0.770. The van der Waals surface area contributed by atoms with Crippen molar-refractivity contribution < 1.29 is 9.84 Å². The van der Waals surface area contributed by atoms with Crippen molar-refractivity contribution in [3.8, 4) is 5.75 Å². The maximum atomic E-state index is 10.9. The summed E-state index contributed by atoms with van der Waals surface area (Å²) in [6, 6.07) is 20.2. The Hall–Kier alpha value is -2.32. The Morgan fingerprint density at radius 3 is 2.57 bits per heavy atom. The van der Waals surface area contributed by atoms with Gasteiger partial charge in [0, 0.05) is 12.0 Å². The summed E-state index contributed by atoms with van der Waals surface area (Å²) >= 11 is 0. The molecule has 0 amide bonds. The van der Waals surface area contributed by atoms with E-state index >= 15 is 0 Å². The molecule has 1 aliphatic rings. The topological polar surface area (TPSA) is 29.5 Å². The van der Waals surface area contributed by atoms with Crippen molar-refractivity contribution in [2.45, 2.75) is 12.5 Å². The number of ether oxygens (including phenoxy) is 1. The summed E-state index contributed by atoms with van der Waals surface area (Å²) in [4.78, 5) is 0. The maximum absolute atomic E-state index is 10.9. The third-order valence-corrected chi connectivity index (χ3v) is 4.16. The van der Waals surface area contributed by atoms with Gasteiger partial charge in [0.1, 0.15) is 11.9 Å². The van der Waals surface area contributed by atoms with Crippen LogP contribution in [-0.4, -0.2) is 11.7 Å². The number of rotatable bonds is 2. The van der Waals surface area contributed by atoms with E-state index in [1.165, 1.54) is 5.56 Å². The van der Waals surface area contributed by atoms with E-state index in [0.717, 1.165) is 34.1 Å². The van der Waals surface area contributed by atoms with Gasteiger partial charge in [-0.3, -0.25) is 0 Å². The summed E-state index contributed by atoms with van der Waals surface area (Å²) in [5.74, 6) is 0.859. The molecule has 2 nitrogen and oxygen atoms in total. The van der Waals surface area contributed by atoms with Gasteiger partial charge in [-0.1, -0.05) is 60.7 Å². The van der Waals surface area contributed by atoms with Gasteiger partial charge in [-0.2, -0.15) is 0 Å². The minimum atomic E-state index is -0.663. The van der Waals surface area contributed by atoms with Crippen LogP contribution in [-0.2, 0) is 6.42 Å². The minimum absolute atomic E-state index is 0.663. The molecular weight excluding hydrogens is 260 g/mol. The molecule has 0 aliphatic carbocycles. The van der Waals surface area contributed by atoms with Crippen molar-refractivity contribution in [3.63, 3.8) is 0 Å². The van der Waals surface area contributed by atoms with Crippen molar-refractivity contribution in [3.05, 3.63) is 77.4 Å². The first-order chi connectivity index (χ1) is 10.3. The highest BCUT2D eigenvalue weighted by Crippen LogP contribution is 2.37. The molecule has 1 heterocycles. The molecule has 4 rings (SSSR count). The van der Waals surface area contributed by atoms with Gasteiger partial charge in [-0.05, 0) is 21.9 Å². The van der Waals surface area contributed by atoms with Gasteiger partial charge < -0.3 is 9.84 Å². The largest absolute Gasteiger partial charge is 0.493 e. The Kier molecular flexibility index (Phi) is 2.90. The monoisotopic (exact) mass is 276 g/mol. The summed E-state index contributed by atoms with van der Waals surface area (Å²) in [6.07, 6.45) is 0.259. The van der Waals surface area contributed by atoms with Crippen LogP contribution >= 0.6 is 0 Å². The second kappa shape index (κ2) is 4.90. The van der Waals surface area contributed by atoms with Gasteiger partial charge in [-0.15, -0.1) is 0 Å². The highest BCUT2D eigenvalue weighted by molar-refractivity contribution is 5.86. The summed E-state index contributed by atoms with van der Waals surface area (Å²) in [5.41, 5.74) is 2.98. The van der Waals surface area contributed by atoms with Crippen LogP contribution in [0.2, 0.25) is 0 Å². The average molecular weight is 276 g/mol. The van der Waals surface area contributed by atoms with Crippen LogP contribution in [0.15, 0.2) is 60.7 Å². The van der Waals surface area contributed by atoms with Crippen molar-refractivity contribution in [1.82, 2.24) is 0 Å². The van der Waals surface area contributed by atoms with Gasteiger partial charge >= 0.3 is 0 Å². The molecule has 104 valence electrons. The maximum Gasteiger partial charge on any atom is 0.128 e. The van der Waals surface area contributed by atoms with E-state index in [9.17, 15) is 5.11 Å². The lowest BCUT2D eigenvalue weighted by Crippen LogP contribution is -2.03. The van der Waals surface area contributed by atoms with Crippen LogP contribution in [0.5, 0.6) is 5.75 Å². The first kappa shape index (κ1) is 12.4. The molecule has 0 radical (unpaired) electrons. The zero-order valence-corrected chi connectivity index (χ0v) is 11.6. The molecule has 1 unspecified atom stereocenters. The molecule has 0 fully saturated rings. The normalized spacial score (nSPS) is 14.7. The highest BCUT2D eigenvalue weighted by atomic mass is 16.5. The van der Waals surface area contributed by atoms with Gasteiger partial charge in [0.15, 0.2) is 0 Å². The molecule has 1 N–H and O–H groups in total. The van der Waals surface area contributed by atoms with Crippen molar-refractivity contribution in [1.29, 1.82) is 0 Å². The fourth-order valence-electron chi connectivity index (χ4n) is 3.11. The van der Waals surface area contributed by atoms with E-state index in [-0.39, 0.29) is 0 Å². The van der Waals surface area contributed by atoms with Crippen LogP contribution in [0, 0.1) is 0 Å². The summed E-state index contributed by atoms with van der Waals surface area (Å²) in [7, 11) is 0. The van der Waals surface area contributed by atoms with Gasteiger partial charge in [-0.25, -0.2) is 0 Å². The Morgan fingerprint density at radius 1 is 0.857 bits per heavy atom. The number of hydrogen-bond donors (Lipinski definition) is 1. The third kappa shape index (κ3) is 1.99. The molecule has 21 heavy (non-hydrogen) atoms. The number of aliphatic hydroxyl groups excluding tert-OH is 1. The lowest BCUT2D eigenvalue weighted by atomic mass is 9.94. The Labute approximate surface area is 123 Å². The predicted molar refractivity (Wildman–Crippen MR) is 83.7 cm³/mol. The first-order valence-electron chi connectivity index (χ1n) is 7.25. The smallest absolute Gasteiger partial charge is 0.128 e. The summed E-state index contributed by atoms with van der Waals surface area (Å²) in [5, 5.41) is 13.1. The molecule has 0 saturated heterocycles. The van der Waals surface area contributed by atoms with Crippen molar-refractivity contribution >= 4 is 10.8 Å². The molecule has 1 aliphatic heterocycles. The van der Waals surface area contributed by atoms with E-state index in [4.69, 9.17) is 4.74 Å². The van der Waals surface area contributed by atoms with E-state index in [0.29, 0.717) is 6.61 Å². The number of hydrogen-bond acceptors (Lipinski definition) is 2. The lowest BCUT2D eigenvalue weighted by molar-refractivity contribution is 0.215. The second-order valence-corrected chi connectivity index (χ2v) is 5.40. The molecule has 3 aromatic carbocycles. The molecule has 0 aromatic heterocycles. The van der Waals surface area contributed by atoms with Crippen LogP contribution in [0.1, 0.15) is 22.8 Å².